The van der Waals surface area contributed by atoms with E-state index in [9.17, 15) is 4.39 Å². The van der Waals surface area contributed by atoms with Crippen LogP contribution in [0, 0.1) is 23.6 Å². The summed E-state index contributed by atoms with van der Waals surface area (Å²) >= 11 is 0. The zero-order valence-electron chi connectivity index (χ0n) is 16.1. The number of fused-ring (bicyclic) bond motifs is 2. The maximum Gasteiger partial charge on any atom is 0.123 e. The quantitative estimate of drug-likeness (QED) is 0.861. The Labute approximate surface area is 156 Å². The fourth-order valence-electron chi connectivity index (χ4n) is 5.50. The third-order valence-electron chi connectivity index (χ3n) is 6.24. The van der Waals surface area contributed by atoms with Gasteiger partial charge in [-0.05, 0) is 47.6 Å². The Morgan fingerprint density at radius 3 is 2.62 bits per heavy atom. The molecule has 2 saturated heterocycles. The summed E-state index contributed by atoms with van der Waals surface area (Å²) in [6.07, 6.45) is 1.21. The van der Waals surface area contributed by atoms with Crippen LogP contribution in [0.4, 0.5) is 4.39 Å². The van der Waals surface area contributed by atoms with Gasteiger partial charge in [0.25, 0.3) is 0 Å². The average molecular weight is 352 g/mol. The molecule has 0 aliphatic carbocycles. The van der Waals surface area contributed by atoms with Crippen LogP contribution in [0.15, 0.2) is 48.5 Å². The first-order valence-electron chi connectivity index (χ1n) is 9.63. The van der Waals surface area contributed by atoms with E-state index in [0.29, 0.717) is 0 Å². The van der Waals surface area contributed by atoms with Gasteiger partial charge in [-0.1, -0.05) is 50.2 Å². The highest BCUT2D eigenvalue weighted by Crippen LogP contribution is 2.51. The van der Waals surface area contributed by atoms with E-state index in [1.807, 2.05) is 13.0 Å². The van der Waals surface area contributed by atoms with Crippen molar-refractivity contribution in [2.45, 2.75) is 39.8 Å². The second-order valence-electron chi connectivity index (χ2n) is 9.09. The minimum atomic E-state index is -0.147. The SMILES string of the molecule is Cc1cc(F)ccc1[C@@H]1NC[C@@]2(C)CN(Cc3ccccc3)C[C@]1(C)C2. The zero-order valence-corrected chi connectivity index (χ0v) is 16.1. The summed E-state index contributed by atoms with van der Waals surface area (Å²) < 4.78 is 13.6. The van der Waals surface area contributed by atoms with Gasteiger partial charge in [0.2, 0.25) is 0 Å². The third kappa shape index (κ3) is 3.30. The molecule has 0 radical (unpaired) electrons. The molecular formula is C23H29FN2. The monoisotopic (exact) mass is 352 g/mol. The normalized spacial score (nSPS) is 31.8. The van der Waals surface area contributed by atoms with Crippen molar-refractivity contribution in [3.8, 4) is 0 Å². The summed E-state index contributed by atoms with van der Waals surface area (Å²) in [6.45, 7) is 11.0. The lowest BCUT2D eigenvalue weighted by Gasteiger charge is -2.57. The first kappa shape index (κ1) is 17.7. The van der Waals surface area contributed by atoms with Gasteiger partial charge in [0.15, 0.2) is 0 Å². The van der Waals surface area contributed by atoms with Crippen LogP contribution in [0.1, 0.15) is 43.0 Å². The molecule has 4 rings (SSSR count). The maximum absolute atomic E-state index is 13.6. The molecule has 0 spiro atoms. The van der Waals surface area contributed by atoms with E-state index in [2.05, 4.69) is 54.4 Å². The molecule has 2 nitrogen and oxygen atoms in total. The Balaban J connectivity index is 1.62. The molecule has 0 aromatic heterocycles. The van der Waals surface area contributed by atoms with Gasteiger partial charge in [0.05, 0.1) is 0 Å². The molecule has 0 unspecified atom stereocenters. The van der Waals surface area contributed by atoms with Crippen LogP contribution in [0.5, 0.6) is 0 Å². The summed E-state index contributed by atoms with van der Waals surface area (Å²) in [5.74, 6) is -0.147. The van der Waals surface area contributed by atoms with E-state index >= 15 is 0 Å². The molecule has 26 heavy (non-hydrogen) atoms. The number of benzene rings is 2. The van der Waals surface area contributed by atoms with Gasteiger partial charge in [0.1, 0.15) is 5.82 Å². The molecule has 2 heterocycles. The van der Waals surface area contributed by atoms with Crippen molar-refractivity contribution >= 4 is 0 Å². The van der Waals surface area contributed by atoms with Crippen molar-refractivity contribution in [3.05, 3.63) is 71.0 Å². The van der Waals surface area contributed by atoms with Crippen molar-refractivity contribution in [2.75, 3.05) is 19.6 Å². The highest BCUT2D eigenvalue weighted by molar-refractivity contribution is 5.32. The average Bonchev–Trinajstić information content (AvgIpc) is 2.56. The fourth-order valence-corrected chi connectivity index (χ4v) is 5.50. The van der Waals surface area contributed by atoms with E-state index in [0.717, 1.165) is 31.7 Å². The first-order valence-corrected chi connectivity index (χ1v) is 9.63. The molecule has 138 valence electrons. The second-order valence-corrected chi connectivity index (χ2v) is 9.09. The number of hydrogen-bond acceptors (Lipinski definition) is 2. The number of halogens is 1. The molecule has 3 heteroatoms. The van der Waals surface area contributed by atoms with Gasteiger partial charge in [-0.3, -0.25) is 4.90 Å². The smallest absolute Gasteiger partial charge is 0.123 e. The summed E-state index contributed by atoms with van der Waals surface area (Å²) in [5, 5.41) is 3.81. The molecule has 2 fully saturated rings. The molecular weight excluding hydrogens is 323 g/mol. The highest BCUT2D eigenvalue weighted by atomic mass is 19.1. The van der Waals surface area contributed by atoms with Crippen molar-refractivity contribution in [3.63, 3.8) is 0 Å². The second kappa shape index (κ2) is 6.47. The van der Waals surface area contributed by atoms with Crippen LogP contribution >= 0.6 is 0 Å². The van der Waals surface area contributed by atoms with Crippen LogP contribution < -0.4 is 5.32 Å². The predicted octanol–water partition coefficient (Wildman–Crippen LogP) is 4.70. The number of nitrogens with zero attached hydrogens (tertiary/aromatic N) is 1. The zero-order chi connectivity index (χ0) is 18.4. The predicted molar refractivity (Wildman–Crippen MR) is 104 cm³/mol. The number of hydrogen-bond donors (Lipinski definition) is 1. The number of nitrogens with one attached hydrogen (secondary N) is 1. The van der Waals surface area contributed by atoms with Crippen molar-refractivity contribution < 1.29 is 4.39 Å². The lowest BCUT2D eigenvalue weighted by molar-refractivity contribution is -0.0531. The van der Waals surface area contributed by atoms with E-state index in [1.54, 1.807) is 12.1 Å². The summed E-state index contributed by atoms with van der Waals surface area (Å²) in [7, 11) is 0. The van der Waals surface area contributed by atoms with E-state index in [4.69, 9.17) is 0 Å². The highest BCUT2D eigenvalue weighted by Gasteiger charge is 2.51. The summed E-state index contributed by atoms with van der Waals surface area (Å²) in [5.41, 5.74) is 4.10. The minimum Gasteiger partial charge on any atom is -0.309 e. The molecule has 1 N–H and O–H groups in total. The van der Waals surface area contributed by atoms with Gasteiger partial charge >= 0.3 is 0 Å². The molecule has 2 aromatic carbocycles. The van der Waals surface area contributed by atoms with E-state index in [-0.39, 0.29) is 22.7 Å². The number of likely N-dealkylation sites (tertiary alicyclic amines) is 1. The van der Waals surface area contributed by atoms with Crippen LogP contribution in [-0.2, 0) is 6.54 Å². The van der Waals surface area contributed by atoms with Crippen LogP contribution in [0.2, 0.25) is 0 Å². The van der Waals surface area contributed by atoms with E-state index < -0.39 is 0 Å². The van der Waals surface area contributed by atoms with Gasteiger partial charge in [0, 0.05) is 37.6 Å². The molecule has 2 aliphatic rings. The van der Waals surface area contributed by atoms with Crippen molar-refractivity contribution in [1.29, 1.82) is 0 Å². The van der Waals surface area contributed by atoms with Crippen molar-refractivity contribution in [1.82, 2.24) is 10.2 Å². The summed E-state index contributed by atoms with van der Waals surface area (Å²) in [4.78, 5) is 2.62. The molecule has 3 atom stereocenters. The van der Waals surface area contributed by atoms with Crippen LogP contribution in [0.3, 0.4) is 0 Å². The lowest BCUT2D eigenvalue weighted by Crippen LogP contribution is -2.62. The Bertz CT molecular complexity index is 790. The van der Waals surface area contributed by atoms with Crippen LogP contribution in [-0.4, -0.2) is 24.5 Å². The number of aryl methyl sites for hydroxylation is 1. The first-order chi connectivity index (χ1) is 12.4. The fraction of sp³-hybridized carbons (Fsp3) is 0.478. The standard InChI is InChI=1S/C23H29FN2/c1-17-11-19(24)9-10-20(17)21-23(3)13-22(2,14-25-21)15-26(16-23)12-18-7-5-4-6-8-18/h4-11,21,25H,12-16H2,1-3H3/t21-,22-,23-/m0/s1. The maximum atomic E-state index is 13.6. The Hall–Kier alpha value is -1.71. The van der Waals surface area contributed by atoms with Gasteiger partial charge < -0.3 is 5.32 Å². The Morgan fingerprint density at radius 2 is 1.88 bits per heavy atom. The lowest BCUT2D eigenvalue weighted by atomic mass is 9.61. The molecule has 2 aliphatic heterocycles. The Morgan fingerprint density at radius 1 is 1.12 bits per heavy atom. The van der Waals surface area contributed by atoms with Crippen molar-refractivity contribution in [2.24, 2.45) is 10.8 Å². The summed E-state index contributed by atoms with van der Waals surface area (Å²) in [6, 6.07) is 16.3. The largest absolute Gasteiger partial charge is 0.309 e. The molecule has 0 saturated carbocycles. The third-order valence-corrected chi connectivity index (χ3v) is 6.24. The van der Waals surface area contributed by atoms with Gasteiger partial charge in [-0.25, -0.2) is 4.39 Å². The number of rotatable bonds is 3. The number of piperidine rings is 2. The molecule has 2 aromatic rings. The van der Waals surface area contributed by atoms with Gasteiger partial charge in [-0.2, -0.15) is 0 Å². The van der Waals surface area contributed by atoms with E-state index in [1.165, 1.54) is 17.5 Å². The minimum absolute atomic E-state index is 0.141. The van der Waals surface area contributed by atoms with Gasteiger partial charge in [-0.15, -0.1) is 0 Å². The Kier molecular flexibility index (Phi) is 4.40. The molecule has 2 bridgehead atoms. The van der Waals surface area contributed by atoms with Crippen LogP contribution in [0.25, 0.3) is 0 Å². The molecule has 0 amide bonds. The topological polar surface area (TPSA) is 15.3 Å².